The average molecular weight is 400 g/mol. The molecule has 0 aromatic heterocycles. The summed E-state index contributed by atoms with van der Waals surface area (Å²) in [6.45, 7) is 2.86. The number of hydrogen-bond donors (Lipinski definition) is 1. The molecule has 1 atom stereocenters. The van der Waals surface area contributed by atoms with Crippen LogP contribution in [0.1, 0.15) is 12.8 Å². The van der Waals surface area contributed by atoms with Crippen LogP contribution in [0.25, 0.3) is 0 Å². The molecule has 21 heavy (non-hydrogen) atoms. The van der Waals surface area contributed by atoms with Gasteiger partial charge in [-0.3, -0.25) is 0 Å². The molecule has 2 aliphatic heterocycles. The topological polar surface area (TPSA) is 49.4 Å². The maximum Gasteiger partial charge on any atom is 0.243 e. The highest BCUT2D eigenvalue weighted by molar-refractivity contribution is 9.10. The number of hydrogen-bond acceptors (Lipinski definition) is 3. The first-order chi connectivity index (χ1) is 9.43. The molecule has 4 nitrogen and oxygen atoms in total. The highest BCUT2D eigenvalue weighted by Crippen LogP contribution is 2.38. The molecule has 118 valence electrons. The Hall–Kier alpha value is -0.210. The van der Waals surface area contributed by atoms with E-state index in [9.17, 15) is 12.8 Å². The Bertz CT molecular complexity index is 635. The Balaban J connectivity index is 0.00000161. The van der Waals surface area contributed by atoms with E-state index in [0.29, 0.717) is 13.1 Å². The van der Waals surface area contributed by atoms with Crippen LogP contribution in [0.2, 0.25) is 0 Å². The van der Waals surface area contributed by atoms with Gasteiger partial charge in [0.2, 0.25) is 10.0 Å². The highest BCUT2D eigenvalue weighted by atomic mass is 79.9. The van der Waals surface area contributed by atoms with E-state index in [1.54, 1.807) is 0 Å². The fraction of sp³-hybridized carbons (Fsp3) is 0.538. The number of rotatable bonds is 2. The van der Waals surface area contributed by atoms with Crippen molar-refractivity contribution in [3.8, 4) is 0 Å². The van der Waals surface area contributed by atoms with Gasteiger partial charge in [-0.2, -0.15) is 4.31 Å². The second kappa shape index (κ2) is 6.12. The van der Waals surface area contributed by atoms with Crippen LogP contribution in [0.15, 0.2) is 27.6 Å². The summed E-state index contributed by atoms with van der Waals surface area (Å²) in [6.07, 6.45) is 1.88. The minimum absolute atomic E-state index is 0. The van der Waals surface area contributed by atoms with E-state index in [4.69, 9.17) is 0 Å². The van der Waals surface area contributed by atoms with Crippen LogP contribution in [0.5, 0.6) is 0 Å². The van der Waals surface area contributed by atoms with Crippen LogP contribution < -0.4 is 5.32 Å². The molecule has 0 radical (unpaired) electrons. The van der Waals surface area contributed by atoms with Crippen LogP contribution in [-0.4, -0.2) is 38.9 Å². The molecule has 1 aromatic rings. The predicted octanol–water partition coefficient (Wildman–Crippen LogP) is 2.38. The zero-order valence-electron chi connectivity index (χ0n) is 11.3. The van der Waals surface area contributed by atoms with E-state index < -0.39 is 15.8 Å². The van der Waals surface area contributed by atoms with E-state index in [-0.39, 0.29) is 27.2 Å². The third-order valence-electron chi connectivity index (χ3n) is 4.26. The standard InChI is InChI=1S/C13H16BrFN2O2S.ClH/c14-11-2-1-10(7-12(11)15)20(18,19)17-6-4-13(9-17)3-5-16-8-13;/h1-2,7,16H,3-6,8-9H2;1H. The van der Waals surface area contributed by atoms with Crippen LogP contribution in [0.3, 0.4) is 0 Å². The first kappa shape index (κ1) is 17.1. The van der Waals surface area contributed by atoms with Crippen molar-refractivity contribution in [1.29, 1.82) is 0 Å². The van der Waals surface area contributed by atoms with Gasteiger partial charge in [0.05, 0.1) is 9.37 Å². The first-order valence-corrected chi connectivity index (χ1v) is 8.82. The Morgan fingerprint density at radius 1 is 1.33 bits per heavy atom. The third-order valence-corrected chi connectivity index (χ3v) is 6.75. The minimum Gasteiger partial charge on any atom is -0.316 e. The summed E-state index contributed by atoms with van der Waals surface area (Å²) in [4.78, 5) is 0.0289. The molecular formula is C13H17BrClFN2O2S. The number of halogens is 3. The Morgan fingerprint density at radius 3 is 2.71 bits per heavy atom. The summed E-state index contributed by atoms with van der Waals surface area (Å²) in [5.41, 5.74) is 0.0704. The van der Waals surface area contributed by atoms with E-state index >= 15 is 0 Å². The summed E-state index contributed by atoms with van der Waals surface area (Å²) >= 11 is 3.04. The zero-order valence-corrected chi connectivity index (χ0v) is 14.5. The lowest BCUT2D eigenvalue weighted by Gasteiger charge is -2.22. The normalized spacial score (nSPS) is 26.2. The van der Waals surface area contributed by atoms with Gasteiger partial charge in [-0.1, -0.05) is 0 Å². The molecule has 1 unspecified atom stereocenters. The van der Waals surface area contributed by atoms with Gasteiger partial charge in [-0.05, 0) is 58.9 Å². The lowest BCUT2D eigenvalue weighted by Crippen LogP contribution is -2.33. The van der Waals surface area contributed by atoms with Crippen molar-refractivity contribution in [3.05, 3.63) is 28.5 Å². The number of sulfonamides is 1. The van der Waals surface area contributed by atoms with E-state index in [2.05, 4.69) is 21.2 Å². The molecule has 1 aromatic carbocycles. The minimum atomic E-state index is -3.60. The van der Waals surface area contributed by atoms with Gasteiger partial charge in [0, 0.05) is 19.6 Å². The predicted molar refractivity (Wildman–Crippen MR) is 84.6 cm³/mol. The Morgan fingerprint density at radius 2 is 2.10 bits per heavy atom. The quantitative estimate of drug-likeness (QED) is 0.831. The number of benzene rings is 1. The molecule has 2 aliphatic rings. The Kier molecular flexibility index (Phi) is 5.00. The molecule has 1 N–H and O–H groups in total. The largest absolute Gasteiger partial charge is 0.316 e. The van der Waals surface area contributed by atoms with Crippen molar-refractivity contribution < 1.29 is 12.8 Å². The van der Waals surface area contributed by atoms with Crippen molar-refractivity contribution in [2.24, 2.45) is 5.41 Å². The SMILES string of the molecule is Cl.O=S(=O)(c1ccc(Br)c(F)c1)N1CCC2(CCNC2)C1. The third kappa shape index (κ3) is 3.12. The zero-order chi connectivity index (χ0) is 14.4. The number of nitrogens with zero attached hydrogens (tertiary/aromatic N) is 1. The van der Waals surface area contributed by atoms with Crippen LogP contribution in [0.4, 0.5) is 4.39 Å². The molecule has 0 aliphatic carbocycles. The van der Waals surface area contributed by atoms with Gasteiger partial charge in [-0.15, -0.1) is 12.4 Å². The lowest BCUT2D eigenvalue weighted by atomic mass is 9.87. The monoisotopic (exact) mass is 398 g/mol. The number of nitrogens with one attached hydrogen (secondary N) is 1. The first-order valence-electron chi connectivity index (χ1n) is 6.59. The molecule has 2 fully saturated rings. The summed E-state index contributed by atoms with van der Waals surface area (Å²) in [6, 6.07) is 3.96. The van der Waals surface area contributed by atoms with Crippen molar-refractivity contribution in [3.63, 3.8) is 0 Å². The molecule has 0 bridgehead atoms. The molecule has 0 saturated carbocycles. The van der Waals surface area contributed by atoms with E-state index in [0.717, 1.165) is 32.0 Å². The Labute approximate surface area is 138 Å². The van der Waals surface area contributed by atoms with Gasteiger partial charge >= 0.3 is 0 Å². The van der Waals surface area contributed by atoms with Gasteiger partial charge in [0.1, 0.15) is 5.82 Å². The maximum atomic E-state index is 13.6. The van der Waals surface area contributed by atoms with Crippen molar-refractivity contribution in [1.82, 2.24) is 9.62 Å². The van der Waals surface area contributed by atoms with Gasteiger partial charge < -0.3 is 5.32 Å². The van der Waals surface area contributed by atoms with Crippen LogP contribution in [0, 0.1) is 11.2 Å². The van der Waals surface area contributed by atoms with E-state index in [1.165, 1.54) is 16.4 Å². The molecular weight excluding hydrogens is 383 g/mol. The molecule has 8 heteroatoms. The van der Waals surface area contributed by atoms with Crippen molar-refractivity contribution in [2.45, 2.75) is 17.7 Å². The summed E-state index contributed by atoms with van der Waals surface area (Å²) in [7, 11) is -3.60. The van der Waals surface area contributed by atoms with Crippen molar-refractivity contribution in [2.75, 3.05) is 26.2 Å². The van der Waals surface area contributed by atoms with Gasteiger partial charge in [0.15, 0.2) is 0 Å². The second-order valence-corrected chi connectivity index (χ2v) is 8.38. The maximum absolute atomic E-state index is 13.6. The molecule has 3 rings (SSSR count). The molecule has 1 spiro atoms. The van der Waals surface area contributed by atoms with Gasteiger partial charge in [-0.25, -0.2) is 12.8 Å². The molecule has 2 saturated heterocycles. The second-order valence-electron chi connectivity index (χ2n) is 5.59. The van der Waals surface area contributed by atoms with Crippen LogP contribution >= 0.6 is 28.3 Å². The van der Waals surface area contributed by atoms with Gasteiger partial charge in [0.25, 0.3) is 0 Å². The summed E-state index contributed by atoms with van der Waals surface area (Å²) in [5, 5.41) is 3.30. The smallest absolute Gasteiger partial charge is 0.243 e. The average Bonchev–Trinajstić information content (AvgIpc) is 3.04. The molecule has 2 heterocycles. The summed E-state index contributed by atoms with van der Waals surface area (Å²) < 4.78 is 40.4. The summed E-state index contributed by atoms with van der Waals surface area (Å²) in [5.74, 6) is -0.553. The highest BCUT2D eigenvalue weighted by Gasteiger charge is 2.44. The fourth-order valence-corrected chi connectivity index (χ4v) is 4.84. The molecule has 0 amide bonds. The fourth-order valence-electron chi connectivity index (χ4n) is 3.03. The lowest BCUT2D eigenvalue weighted by molar-refractivity contribution is 0.338. The van der Waals surface area contributed by atoms with Crippen molar-refractivity contribution >= 4 is 38.4 Å². The van der Waals surface area contributed by atoms with Crippen LogP contribution in [-0.2, 0) is 10.0 Å². The van der Waals surface area contributed by atoms with E-state index in [1.807, 2.05) is 0 Å².